The largest absolute Gasteiger partial charge is 0.233 e. The lowest BCUT2D eigenvalue weighted by atomic mass is 10.1. The summed E-state index contributed by atoms with van der Waals surface area (Å²) < 4.78 is 62.5. The van der Waals surface area contributed by atoms with E-state index in [9.17, 15) is 26.7 Å². The Balaban J connectivity index is 3.67. The summed E-state index contributed by atoms with van der Waals surface area (Å²) in [6.07, 6.45) is 0.135. The third-order valence-corrected chi connectivity index (χ3v) is 1.45. The van der Waals surface area contributed by atoms with Crippen molar-refractivity contribution in [3.8, 4) is 0 Å². The Hall–Kier alpha value is -1.68. The van der Waals surface area contributed by atoms with E-state index in [-0.39, 0.29) is 6.08 Å². The zero-order valence-electron chi connectivity index (χ0n) is 6.38. The number of benzene rings is 1. The van der Waals surface area contributed by atoms with Crippen molar-refractivity contribution >= 4 is 12.0 Å². The number of carbonyl (C=O) groups excluding carboxylic acids is 1. The van der Waals surface area contributed by atoms with Gasteiger partial charge in [0, 0.05) is 6.08 Å². The van der Waals surface area contributed by atoms with Gasteiger partial charge in [-0.15, -0.1) is 0 Å². The quantitative estimate of drug-likeness (QED) is 0.299. The molecule has 6 heteroatoms. The summed E-state index contributed by atoms with van der Waals surface area (Å²) in [6, 6.07) is 0. The summed E-state index contributed by atoms with van der Waals surface area (Å²) >= 11 is 0. The second kappa shape index (κ2) is 3.59. The third-order valence-electron chi connectivity index (χ3n) is 1.45. The predicted molar refractivity (Wildman–Crippen MR) is 36.4 cm³/mol. The standard InChI is InChI=1S/C8HF5O/c9-4-3(1-2-14)5(10)7(12)8(13)6(4)11/h1H. The van der Waals surface area contributed by atoms with Gasteiger partial charge in [-0.1, -0.05) is 0 Å². The molecule has 0 aliphatic heterocycles. The van der Waals surface area contributed by atoms with Crippen LogP contribution in [0.3, 0.4) is 0 Å². The lowest BCUT2D eigenvalue weighted by molar-refractivity contribution is 0.377. The zero-order valence-corrected chi connectivity index (χ0v) is 6.38. The Morgan fingerprint density at radius 1 is 0.786 bits per heavy atom. The van der Waals surface area contributed by atoms with E-state index < -0.39 is 34.6 Å². The minimum Gasteiger partial charge on any atom is -0.233 e. The highest BCUT2D eigenvalue weighted by Crippen LogP contribution is 2.23. The van der Waals surface area contributed by atoms with Crippen LogP contribution >= 0.6 is 0 Å². The van der Waals surface area contributed by atoms with Crippen molar-refractivity contribution in [2.24, 2.45) is 0 Å². The summed E-state index contributed by atoms with van der Waals surface area (Å²) in [6.45, 7) is 0. The highest BCUT2D eigenvalue weighted by Gasteiger charge is 2.24. The van der Waals surface area contributed by atoms with Crippen LogP contribution in [0.5, 0.6) is 0 Å². The van der Waals surface area contributed by atoms with Crippen LogP contribution < -0.4 is 0 Å². The van der Waals surface area contributed by atoms with Crippen molar-refractivity contribution in [1.82, 2.24) is 0 Å². The monoisotopic (exact) mass is 208 g/mol. The third kappa shape index (κ3) is 1.40. The van der Waals surface area contributed by atoms with Crippen molar-refractivity contribution in [2.45, 2.75) is 0 Å². The maximum absolute atomic E-state index is 12.7. The Morgan fingerprint density at radius 2 is 1.14 bits per heavy atom. The van der Waals surface area contributed by atoms with Gasteiger partial charge in [0.25, 0.3) is 0 Å². The van der Waals surface area contributed by atoms with Crippen molar-refractivity contribution in [2.75, 3.05) is 0 Å². The molecule has 0 unspecified atom stereocenters. The van der Waals surface area contributed by atoms with E-state index in [4.69, 9.17) is 0 Å². The molecule has 14 heavy (non-hydrogen) atoms. The highest BCUT2D eigenvalue weighted by molar-refractivity contribution is 5.75. The predicted octanol–water partition coefficient (Wildman–Crippen LogP) is 2.23. The average molecular weight is 208 g/mol. The zero-order chi connectivity index (χ0) is 10.9. The highest BCUT2D eigenvalue weighted by atomic mass is 19.2. The smallest absolute Gasteiger partial charge is 0.200 e. The Morgan fingerprint density at radius 3 is 1.50 bits per heavy atom. The van der Waals surface area contributed by atoms with Gasteiger partial charge >= 0.3 is 0 Å². The summed E-state index contributed by atoms with van der Waals surface area (Å²) in [5.41, 5.74) is -1.30. The van der Waals surface area contributed by atoms with E-state index in [1.165, 1.54) is 0 Å². The molecule has 0 aliphatic rings. The van der Waals surface area contributed by atoms with Gasteiger partial charge in [0.1, 0.15) is 5.94 Å². The summed E-state index contributed by atoms with van der Waals surface area (Å²) in [4.78, 5) is 9.73. The number of hydrogen-bond acceptors (Lipinski definition) is 1. The molecule has 0 spiro atoms. The van der Waals surface area contributed by atoms with Crippen molar-refractivity contribution < 1.29 is 26.7 Å². The topological polar surface area (TPSA) is 17.1 Å². The molecule has 0 radical (unpaired) electrons. The molecule has 0 heterocycles. The van der Waals surface area contributed by atoms with Crippen molar-refractivity contribution in [3.05, 3.63) is 34.6 Å². The molecule has 0 atom stereocenters. The minimum absolute atomic E-state index is 0.135. The molecular weight excluding hydrogens is 207 g/mol. The fraction of sp³-hybridized carbons (Fsp3) is 0. The van der Waals surface area contributed by atoms with Crippen LogP contribution in [0, 0.1) is 29.1 Å². The summed E-state index contributed by atoms with van der Waals surface area (Å²) in [5.74, 6) is -9.62. The molecule has 1 nitrogen and oxygen atoms in total. The molecule has 0 aromatic heterocycles. The molecule has 0 saturated heterocycles. The molecule has 0 aliphatic carbocycles. The van der Waals surface area contributed by atoms with E-state index in [0.717, 1.165) is 5.94 Å². The second-order valence-corrected chi connectivity index (χ2v) is 2.25. The first-order chi connectivity index (χ1) is 6.50. The molecule has 1 rings (SSSR count). The van der Waals surface area contributed by atoms with Gasteiger partial charge in [-0.3, -0.25) is 0 Å². The molecule has 0 N–H and O–H groups in total. The first-order valence-electron chi connectivity index (χ1n) is 3.23. The maximum Gasteiger partial charge on any atom is 0.200 e. The van der Waals surface area contributed by atoms with Gasteiger partial charge in [-0.2, -0.15) is 0 Å². The van der Waals surface area contributed by atoms with E-state index >= 15 is 0 Å². The van der Waals surface area contributed by atoms with Crippen LogP contribution in [0.1, 0.15) is 5.56 Å². The molecule has 0 fully saturated rings. The van der Waals surface area contributed by atoms with Crippen LogP contribution in [0.25, 0.3) is 6.08 Å². The Kier molecular flexibility index (Phi) is 2.67. The van der Waals surface area contributed by atoms with Crippen LogP contribution in [0.2, 0.25) is 0 Å². The summed E-state index contributed by atoms with van der Waals surface area (Å²) in [7, 11) is 0. The molecule has 1 aromatic carbocycles. The Labute approximate surface area is 74.5 Å². The lowest BCUT2D eigenvalue weighted by Crippen LogP contribution is -2.03. The molecular formula is C8HF5O. The molecule has 1 aromatic rings. The molecule has 0 saturated carbocycles. The van der Waals surface area contributed by atoms with Gasteiger partial charge in [0.15, 0.2) is 23.3 Å². The van der Waals surface area contributed by atoms with E-state index in [2.05, 4.69) is 0 Å². The Bertz CT molecular complexity index is 405. The van der Waals surface area contributed by atoms with Gasteiger partial charge in [0.05, 0.1) is 5.56 Å². The van der Waals surface area contributed by atoms with Crippen LogP contribution in [-0.2, 0) is 4.79 Å². The molecule has 0 bridgehead atoms. The van der Waals surface area contributed by atoms with E-state index in [1.54, 1.807) is 0 Å². The van der Waals surface area contributed by atoms with Gasteiger partial charge in [-0.05, 0) is 0 Å². The maximum atomic E-state index is 12.7. The SMILES string of the molecule is O=C=Cc1c(F)c(F)c(F)c(F)c1F. The minimum atomic E-state index is -2.26. The van der Waals surface area contributed by atoms with Gasteiger partial charge in [0.2, 0.25) is 5.82 Å². The normalized spacial score (nSPS) is 9.79. The number of hydrogen-bond donors (Lipinski definition) is 0. The van der Waals surface area contributed by atoms with Crippen LogP contribution in [-0.4, -0.2) is 5.94 Å². The second-order valence-electron chi connectivity index (χ2n) is 2.25. The van der Waals surface area contributed by atoms with E-state index in [0.29, 0.717) is 0 Å². The van der Waals surface area contributed by atoms with Gasteiger partial charge < -0.3 is 0 Å². The summed E-state index contributed by atoms with van der Waals surface area (Å²) in [5, 5.41) is 0. The first kappa shape index (κ1) is 10.4. The fourth-order valence-electron chi connectivity index (χ4n) is 0.808. The molecule has 74 valence electrons. The fourth-order valence-corrected chi connectivity index (χ4v) is 0.808. The van der Waals surface area contributed by atoms with Crippen LogP contribution in [0.15, 0.2) is 0 Å². The number of halogens is 5. The first-order valence-corrected chi connectivity index (χ1v) is 3.23. The average Bonchev–Trinajstić information content (AvgIpc) is 2.19. The lowest BCUT2D eigenvalue weighted by Gasteiger charge is -2.02. The van der Waals surface area contributed by atoms with E-state index in [1.807, 2.05) is 0 Å². The number of rotatable bonds is 1. The van der Waals surface area contributed by atoms with Crippen molar-refractivity contribution in [3.63, 3.8) is 0 Å². The molecule has 0 amide bonds. The van der Waals surface area contributed by atoms with Crippen LogP contribution in [0.4, 0.5) is 22.0 Å². The van der Waals surface area contributed by atoms with Crippen molar-refractivity contribution in [1.29, 1.82) is 0 Å². The van der Waals surface area contributed by atoms with Gasteiger partial charge in [-0.25, -0.2) is 26.7 Å².